The molecule has 1 aliphatic carbocycles. The molecule has 0 bridgehead atoms. The average molecular weight is 655 g/mol. The summed E-state index contributed by atoms with van der Waals surface area (Å²) in [6, 6.07) is 6.44. The van der Waals surface area contributed by atoms with Crippen molar-refractivity contribution in [3.8, 4) is 5.75 Å². The Morgan fingerprint density at radius 3 is 2.00 bits per heavy atom. The van der Waals surface area contributed by atoms with Crippen LogP contribution in [0.5, 0.6) is 5.75 Å². The van der Waals surface area contributed by atoms with Crippen molar-refractivity contribution in [3.05, 3.63) is 42.0 Å². The zero-order chi connectivity index (χ0) is 33.4. The molecule has 46 heavy (non-hydrogen) atoms. The molecule has 2 saturated heterocycles. The first-order valence-electron chi connectivity index (χ1n) is 14.9. The summed E-state index contributed by atoms with van der Waals surface area (Å²) in [5.41, 5.74) is 18.6. The van der Waals surface area contributed by atoms with Gasteiger partial charge in [0.2, 0.25) is 0 Å². The number of rotatable bonds is 8. The van der Waals surface area contributed by atoms with E-state index in [-0.39, 0.29) is 24.3 Å². The van der Waals surface area contributed by atoms with Crippen molar-refractivity contribution < 1.29 is 64.6 Å². The second-order valence-corrected chi connectivity index (χ2v) is 12.0. The van der Waals surface area contributed by atoms with Crippen LogP contribution in [0.4, 0.5) is 0 Å². The van der Waals surface area contributed by atoms with Gasteiger partial charge in [-0.1, -0.05) is 12.1 Å². The van der Waals surface area contributed by atoms with Crippen LogP contribution < -0.4 is 22.5 Å². The molecule has 1 saturated carbocycles. The molecule has 17 nitrogen and oxygen atoms in total. The molecule has 3 aliphatic rings. The van der Waals surface area contributed by atoms with Crippen LogP contribution in [0.2, 0.25) is 0 Å². The van der Waals surface area contributed by atoms with Crippen LogP contribution in [0.1, 0.15) is 16.8 Å². The van der Waals surface area contributed by atoms with Crippen molar-refractivity contribution in [2.45, 2.75) is 98.2 Å². The van der Waals surface area contributed by atoms with Crippen LogP contribution >= 0.6 is 0 Å². The zero-order valence-electron chi connectivity index (χ0n) is 24.6. The van der Waals surface area contributed by atoms with Gasteiger partial charge in [0.05, 0.1) is 12.6 Å². The fourth-order valence-electron chi connectivity index (χ4n) is 6.04. The lowest BCUT2D eigenvalue weighted by Gasteiger charge is -2.48. The van der Waals surface area contributed by atoms with Gasteiger partial charge >= 0.3 is 0 Å². The Balaban J connectivity index is 1.24. The Morgan fingerprint density at radius 1 is 0.761 bits per heavy atom. The molecule has 3 fully saturated rings. The minimum Gasteiger partial charge on any atom is -0.508 e. The van der Waals surface area contributed by atoms with E-state index in [1.165, 1.54) is 6.07 Å². The molecule has 0 spiro atoms. The maximum atomic E-state index is 12.9. The van der Waals surface area contributed by atoms with Gasteiger partial charge in [0, 0.05) is 24.2 Å². The maximum absolute atomic E-state index is 12.9. The number of aliphatic hydroxyl groups excluding tert-OH is 7. The van der Waals surface area contributed by atoms with Crippen molar-refractivity contribution in [2.75, 3.05) is 13.2 Å². The van der Waals surface area contributed by atoms with Crippen molar-refractivity contribution in [1.82, 2.24) is 5.32 Å². The lowest BCUT2D eigenvalue weighted by Crippen LogP contribution is -2.68. The molecule has 2 aromatic rings. The number of carbonyl (C=O) groups is 1. The van der Waals surface area contributed by atoms with Gasteiger partial charge in [-0.15, -0.1) is 0 Å². The molecule has 0 aromatic heterocycles. The highest BCUT2D eigenvalue weighted by Gasteiger charge is 2.51. The number of benzene rings is 2. The SMILES string of the molecule is N[C@@H]1[C@@H](O)[C@@H](O[C@@H]2[C@@H](O)[C@H](O[C@H]3O[C@H](CNC(=O)c4ccc5cc(O)ccc5c4)[C@@H](O)[C@H](O)[C@H]3O)[C@@H](N)C[C@H]2N)O[C@H](CO)[C@H]1O. The second kappa shape index (κ2) is 14.3. The zero-order valence-corrected chi connectivity index (χ0v) is 24.6. The predicted octanol–water partition coefficient (Wildman–Crippen LogP) is -4.96. The van der Waals surface area contributed by atoms with Gasteiger partial charge < -0.3 is 82.3 Å². The number of ether oxygens (including phenoxy) is 4. The van der Waals surface area contributed by atoms with Crippen LogP contribution in [-0.4, -0.2) is 152 Å². The van der Waals surface area contributed by atoms with E-state index in [4.69, 9.17) is 36.1 Å². The Hall–Kier alpha value is -2.59. The predicted molar refractivity (Wildman–Crippen MR) is 157 cm³/mol. The average Bonchev–Trinajstić information content (AvgIpc) is 3.03. The molecule has 2 aliphatic heterocycles. The largest absolute Gasteiger partial charge is 0.508 e. The van der Waals surface area contributed by atoms with Crippen molar-refractivity contribution in [3.63, 3.8) is 0 Å². The molecular weight excluding hydrogens is 612 g/mol. The normalized spacial score (nSPS) is 41.7. The first-order valence-corrected chi connectivity index (χ1v) is 14.9. The highest BCUT2D eigenvalue weighted by atomic mass is 16.7. The minimum atomic E-state index is -1.79. The number of fused-ring (bicyclic) bond motifs is 1. The number of phenolic OH excluding ortho intramolecular Hbond substituents is 1. The summed E-state index contributed by atoms with van der Waals surface area (Å²) in [5, 5.41) is 86.9. The smallest absolute Gasteiger partial charge is 0.251 e. The fourth-order valence-corrected chi connectivity index (χ4v) is 6.04. The van der Waals surface area contributed by atoms with Crippen molar-refractivity contribution in [2.24, 2.45) is 17.2 Å². The molecule has 1 amide bonds. The molecule has 0 unspecified atom stereocenters. The summed E-state index contributed by atoms with van der Waals surface area (Å²) in [6.07, 6.45) is -17.9. The van der Waals surface area contributed by atoms with Crippen LogP contribution in [0.3, 0.4) is 0 Å². The monoisotopic (exact) mass is 654 g/mol. The van der Waals surface area contributed by atoms with E-state index in [1.54, 1.807) is 30.3 Å². The van der Waals surface area contributed by atoms with Crippen LogP contribution in [0.25, 0.3) is 10.8 Å². The third kappa shape index (κ3) is 6.98. The lowest BCUT2D eigenvalue weighted by atomic mass is 9.84. The Kier molecular flexibility index (Phi) is 10.8. The van der Waals surface area contributed by atoms with Gasteiger partial charge in [-0.3, -0.25) is 4.79 Å². The molecule has 2 heterocycles. The van der Waals surface area contributed by atoms with E-state index in [1.807, 2.05) is 0 Å². The Bertz CT molecular complexity index is 1360. The summed E-state index contributed by atoms with van der Waals surface area (Å²) < 4.78 is 22.8. The summed E-state index contributed by atoms with van der Waals surface area (Å²) in [7, 11) is 0. The van der Waals surface area contributed by atoms with E-state index in [9.17, 15) is 45.6 Å². The number of aliphatic hydroxyl groups is 7. The number of aromatic hydroxyl groups is 1. The number of phenols is 1. The minimum absolute atomic E-state index is 0.0200. The van der Waals surface area contributed by atoms with Gasteiger partial charge in [0.25, 0.3) is 5.91 Å². The van der Waals surface area contributed by atoms with E-state index in [0.29, 0.717) is 5.39 Å². The number of nitrogens with two attached hydrogens (primary N) is 3. The topological polar surface area (TPSA) is 306 Å². The number of hydrogen-bond acceptors (Lipinski definition) is 16. The van der Waals surface area contributed by atoms with Crippen LogP contribution in [-0.2, 0) is 18.9 Å². The van der Waals surface area contributed by atoms with E-state index >= 15 is 0 Å². The van der Waals surface area contributed by atoms with Crippen LogP contribution in [0, 0.1) is 0 Å². The first-order chi connectivity index (χ1) is 21.8. The summed E-state index contributed by atoms with van der Waals surface area (Å²) in [4.78, 5) is 12.9. The van der Waals surface area contributed by atoms with Gasteiger partial charge in [0.1, 0.15) is 66.8 Å². The Morgan fingerprint density at radius 2 is 1.35 bits per heavy atom. The molecule has 2 aromatic carbocycles. The number of carbonyl (C=O) groups excluding carboxylic acids is 1. The lowest BCUT2D eigenvalue weighted by molar-refractivity contribution is -0.332. The maximum Gasteiger partial charge on any atom is 0.251 e. The highest BCUT2D eigenvalue weighted by Crippen LogP contribution is 2.31. The summed E-state index contributed by atoms with van der Waals surface area (Å²) >= 11 is 0. The Labute approximate surface area is 263 Å². The van der Waals surface area contributed by atoms with Gasteiger partial charge in [-0.05, 0) is 41.5 Å². The highest BCUT2D eigenvalue weighted by molar-refractivity contribution is 5.98. The summed E-state index contributed by atoms with van der Waals surface area (Å²) in [6.45, 7) is -0.931. The molecule has 17 heteroatoms. The van der Waals surface area contributed by atoms with Crippen molar-refractivity contribution in [1.29, 1.82) is 0 Å². The van der Waals surface area contributed by atoms with E-state index in [2.05, 4.69) is 5.32 Å². The molecule has 5 rings (SSSR count). The third-order valence-electron chi connectivity index (χ3n) is 8.80. The summed E-state index contributed by atoms with van der Waals surface area (Å²) in [5.74, 6) is -0.442. The van der Waals surface area contributed by atoms with Gasteiger partial charge in [-0.2, -0.15) is 0 Å². The number of amides is 1. The number of hydrogen-bond donors (Lipinski definition) is 12. The van der Waals surface area contributed by atoms with E-state index in [0.717, 1.165) is 5.39 Å². The molecule has 15 atom stereocenters. The van der Waals surface area contributed by atoms with Gasteiger partial charge in [0.15, 0.2) is 12.6 Å². The quantitative estimate of drug-likeness (QED) is 0.127. The number of nitrogens with one attached hydrogen (secondary N) is 1. The molecule has 0 radical (unpaired) electrons. The molecule has 15 N–H and O–H groups in total. The second-order valence-electron chi connectivity index (χ2n) is 12.0. The molecular formula is C29H42N4O13. The first kappa shape index (κ1) is 34.7. The fraction of sp³-hybridized carbons (Fsp3) is 0.621. The van der Waals surface area contributed by atoms with Gasteiger partial charge in [-0.25, -0.2) is 0 Å². The van der Waals surface area contributed by atoms with Crippen molar-refractivity contribution >= 4 is 16.7 Å². The molecule has 256 valence electrons. The van der Waals surface area contributed by atoms with E-state index < -0.39 is 104 Å². The third-order valence-corrected chi connectivity index (χ3v) is 8.80. The standard InChI is InChI=1S/C29H42N4O13/c30-14-7-15(31)26(24(41)25(14)45-28-21(38)18(32)19(36)17(9-34)44-28)46-29-23(40)22(39)20(37)16(43-29)8-33-27(42)12-2-1-11-6-13(35)4-3-10(11)5-12/h1-6,14-26,28-29,34-41H,7-9,30-32H2,(H,33,42)/t14-,15+,16-,17-,18+,19-,20-,21-,22+,23-,24-,25+,26-,28-,29-/m1/s1. The van der Waals surface area contributed by atoms with Crippen LogP contribution in [0.15, 0.2) is 36.4 Å².